The third kappa shape index (κ3) is 1.28. The fourth-order valence-electron chi connectivity index (χ4n) is 1.46. The van der Waals surface area contributed by atoms with Gasteiger partial charge < -0.3 is 5.32 Å². The van der Waals surface area contributed by atoms with E-state index in [4.69, 9.17) is 0 Å². The molecule has 0 radical (unpaired) electrons. The van der Waals surface area contributed by atoms with Crippen molar-refractivity contribution in [3.8, 4) is 0 Å². The van der Waals surface area contributed by atoms with Crippen LogP contribution in [0.1, 0.15) is 15.9 Å². The Morgan fingerprint density at radius 3 is 2.85 bits per heavy atom. The molecule has 68 valence electrons. The number of rotatable bonds is 0. The summed E-state index contributed by atoms with van der Waals surface area (Å²) in [5.74, 6) is -1.75. The zero-order valence-corrected chi connectivity index (χ0v) is 6.73. The van der Waals surface area contributed by atoms with Crippen LogP contribution < -0.4 is 5.32 Å². The van der Waals surface area contributed by atoms with E-state index in [0.717, 1.165) is 12.1 Å². The largest absolute Gasteiger partial charge is 0.352 e. The van der Waals surface area contributed by atoms with Gasteiger partial charge in [0.05, 0.1) is 0 Å². The van der Waals surface area contributed by atoms with E-state index in [2.05, 4.69) is 5.32 Å². The number of benzene rings is 1. The van der Waals surface area contributed by atoms with Crippen LogP contribution in [-0.4, -0.2) is 12.5 Å². The summed E-state index contributed by atoms with van der Waals surface area (Å²) < 4.78 is 25.8. The zero-order valence-electron chi connectivity index (χ0n) is 6.73. The highest BCUT2D eigenvalue weighted by Gasteiger charge is 2.20. The van der Waals surface area contributed by atoms with Gasteiger partial charge in [0.2, 0.25) is 0 Å². The first-order valence-electron chi connectivity index (χ1n) is 3.94. The third-order valence-corrected chi connectivity index (χ3v) is 2.07. The van der Waals surface area contributed by atoms with Crippen molar-refractivity contribution in [2.45, 2.75) is 6.42 Å². The number of hydrogen-bond acceptors (Lipinski definition) is 1. The molecule has 0 saturated carbocycles. The normalized spacial score (nSPS) is 15.1. The van der Waals surface area contributed by atoms with Crippen LogP contribution in [0.4, 0.5) is 8.78 Å². The predicted molar refractivity (Wildman–Crippen MR) is 42.4 cm³/mol. The van der Waals surface area contributed by atoms with Gasteiger partial charge in [-0.05, 0) is 12.5 Å². The van der Waals surface area contributed by atoms with Gasteiger partial charge in [0, 0.05) is 23.7 Å². The molecule has 1 aromatic rings. The Kier molecular flexibility index (Phi) is 1.76. The molecule has 0 aliphatic carbocycles. The fraction of sp³-hybridized carbons (Fsp3) is 0.222. The highest BCUT2D eigenvalue weighted by atomic mass is 19.1. The molecule has 0 fully saturated rings. The topological polar surface area (TPSA) is 29.1 Å². The van der Waals surface area contributed by atoms with Crippen molar-refractivity contribution in [1.29, 1.82) is 0 Å². The molecule has 0 bridgehead atoms. The minimum absolute atomic E-state index is 0.115. The van der Waals surface area contributed by atoms with Crippen molar-refractivity contribution in [1.82, 2.24) is 5.32 Å². The van der Waals surface area contributed by atoms with Gasteiger partial charge in [-0.1, -0.05) is 0 Å². The molecule has 1 aliphatic rings. The van der Waals surface area contributed by atoms with E-state index >= 15 is 0 Å². The van der Waals surface area contributed by atoms with Gasteiger partial charge in [0.15, 0.2) is 0 Å². The van der Waals surface area contributed by atoms with E-state index in [1.807, 2.05) is 0 Å². The quantitative estimate of drug-likeness (QED) is 0.644. The van der Waals surface area contributed by atoms with E-state index in [-0.39, 0.29) is 5.56 Å². The Balaban J connectivity index is 2.63. The lowest BCUT2D eigenvalue weighted by Gasteiger charge is -2.16. The summed E-state index contributed by atoms with van der Waals surface area (Å²) in [6.07, 6.45) is 0.424. The van der Waals surface area contributed by atoms with Crippen LogP contribution >= 0.6 is 0 Å². The molecule has 0 aromatic heterocycles. The lowest BCUT2D eigenvalue weighted by Crippen LogP contribution is -2.32. The Hall–Kier alpha value is -1.45. The lowest BCUT2D eigenvalue weighted by atomic mass is 10.00. The summed E-state index contributed by atoms with van der Waals surface area (Å²) in [5, 5.41) is 2.52. The number of carbonyl (C=O) groups excluding carboxylic acids is 1. The molecular weight excluding hydrogens is 176 g/mol. The first kappa shape index (κ1) is 8.16. The molecule has 2 nitrogen and oxygen atoms in total. The SMILES string of the molecule is O=C1NCCc2c(F)cc(F)cc21. The highest BCUT2D eigenvalue weighted by molar-refractivity contribution is 5.96. The summed E-state index contributed by atoms with van der Waals surface area (Å²) in [7, 11) is 0. The molecule has 4 heteroatoms. The van der Waals surface area contributed by atoms with Crippen molar-refractivity contribution in [2.24, 2.45) is 0 Å². The van der Waals surface area contributed by atoms with Crippen LogP contribution in [0.25, 0.3) is 0 Å². The van der Waals surface area contributed by atoms with Gasteiger partial charge in [-0.15, -0.1) is 0 Å². The van der Waals surface area contributed by atoms with Gasteiger partial charge >= 0.3 is 0 Å². The molecular formula is C9H7F2NO. The van der Waals surface area contributed by atoms with Crippen LogP contribution in [0.5, 0.6) is 0 Å². The van der Waals surface area contributed by atoms with Crippen molar-refractivity contribution in [3.63, 3.8) is 0 Å². The first-order chi connectivity index (χ1) is 6.18. The summed E-state index contributed by atoms with van der Waals surface area (Å²) in [4.78, 5) is 11.1. The minimum Gasteiger partial charge on any atom is -0.352 e. The van der Waals surface area contributed by atoms with E-state index in [9.17, 15) is 13.6 Å². The number of nitrogens with one attached hydrogen (secondary N) is 1. The second-order valence-corrected chi connectivity index (χ2v) is 2.92. The molecule has 1 N–H and O–H groups in total. The Morgan fingerprint density at radius 2 is 2.08 bits per heavy atom. The molecule has 1 amide bonds. The summed E-state index contributed by atoms with van der Waals surface area (Å²) in [5.41, 5.74) is 0.425. The van der Waals surface area contributed by atoms with Crippen LogP contribution in [0.3, 0.4) is 0 Å². The number of hydrogen-bond donors (Lipinski definition) is 1. The van der Waals surface area contributed by atoms with E-state index in [1.54, 1.807) is 0 Å². The van der Waals surface area contributed by atoms with Crippen LogP contribution in [-0.2, 0) is 6.42 Å². The van der Waals surface area contributed by atoms with Gasteiger partial charge in [-0.25, -0.2) is 8.78 Å². The first-order valence-corrected chi connectivity index (χ1v) is 3.94. The second-order valence-electron chi connectivity index (χ2n) is 2.92. The maximum atomic E-state index is 13.1. The molecule has 1 aromatic carbocycles. The van der Waals surface area contributed by atoms with Gasteiger partial charge in [0.1, 0.15) is 11.6 Å². The highest BCUT2D eigenvalue weighted by Crippen LogP contribution is 2.18. The van der Waals surface area contributed by atoms with Gasteiger partial charge in [-0.2, -0.15) is 0 Å². The Bertz CT molecular complexity index is 376. The van der Waals surface area contributed by atoms with Crippen molar-refractivity contribution in [2.75, 3.05) is 6.54 Å². The third-order valence-electron chi connectivity index (χ3n) is 2.07. The van der Waals surface area contributed by atoms with E-state index < -0.39 is 17.5 Å². The van der Waals surface area contributed by atoms with Crippen LogP contribution in [0.15, 0.2) is 12.1 Å². The number of fused-ring (bicyclic) bond motifs is 1. The standard InChI is InChI=1S/C9H7F2NO/c10-5-3-7-6(8(11)4-5)1-2-12-9(7)13/h3-4H,1-2H2,(H,12,13). The molecule has 13 heavy (non-hydrogen) atoms. The number of halogens is 2. The van der Waals surface area contributed by atoms with Crippen molar-refractivity contribution < 1.29 is 13.6 Å². The van der Waals surface area contributed by atoms with Crippen LogP contribution in [0.2, 0.25) is 0 Å². The minimum atomic E-state index is -0.715. The van der Waals surface area contributed by atoms with Crippen LogP contribution in [0, 0.1) is 11.6 Å². The van der Waals surface area contributed by atoms with E-state index in [1.165, 1.54) is 0 Å². The summed E-state index contributed by atoms with van der Waals surface area (Å²) in [6, 6.07) is 1.87. The summed E-state index contributed by atoms with van der Waals surface area (Å²) >= 11 is 0. The number of carbonyl (C=O) groups is 1. The van der Waals surface area contributed by atoms with E-state index in [0.29, 0.717) is 18.5 Å². The van der Waals surface area contributed by atoms with Gasteiger partial charge in [0.25, 0.3) is 5.91 Å². The average Bonchev–Trinajstić information content (AvgIpc) is 2.07. The molecule has 1 aliphatic heterocycles. The molecule has 0 spiro atoms. The lowest BCUT2D eigenvalue weighted by molar-refractivity contribution is 0.0944. The molecule has 0 atom stereocenters. The Morgan fingerprint density at radius 1 is 1.31 bits per heavy atom. The Labute approximate surface area is 73.6 Å². The maximum absolute atomic E-state index is 13.1. The number of amides is 1. The fourth-order valence-corrected chi connectivity index (χ4v) is 1.46. The molecule has 1 heterocycles. The molecule has 0 saturated heterocycles. The van der Waals surface area contributed by atoms with Crippen molar-refractivity contribution in [3.05, 3.63) is 34.9 Å². The zero-order chi connectivity index (χ0) is 9.42. The summed E-state index contributed by atoms with van der Waals surface area (Å²) in [6.45, 7) is 0.411. The predicted octanol–water partition coefficient (Wildman–Crippen LogP) is 1.25. The maximum Gasteiger partial charge on any atom is 0.251 e. The second kappa shape index (κ2) is 2.80. The van der Waals surface area contributed by atoms with Gasteiger partial charge in [-0.3, -0.25) is 4.79 Å². The monoisotopic (exact) mass is 183 g/mol. The smallest absolute Gasteiger partial charge is 0.251 e. The molecule has 2 rings (SSSR count). The average molecular weight is 183 g/mol. The van der Waals surface area contributed by atoms with Crippen molar-refractivity contribution >= 4 is 5.91 Å². The molecule has 0 unspecified atom stereocenters.